The molecule has 132 valence electrons. The van der Waals surface area contributed by atoms with Gasteiger partial charge in [0.15, 0.2) is 11.6 Å². The molecule has 4 aliphatic rings. The van der Waals surface area contributed by atoms with Gasteiger partial charge in [0.1, 0.15) is 6.61 Å². The van der Waals surface area contributed by atoms with E-state index in [4.69, 9.17) is 0 Å². The lowest BCUT2D eigenvalue weighted by Gasteiger charge is -2.58. The second-order valence-electron chi connectivity index (χ2n) is 9.27. The van der Waals surface area contributed by atoms with Crippen molar-refractivity contribution in [3.05, 3.63) is 11.6 Å². The predicted octanol–water partition coefficient (Wildman–Crippen LogP) is 3.70. The summed E-state index contributed by atoms with van der Waals surface area (Å²) in [5.41, 5.74) is 1.70. The number of aliphatic hydroxyl groups is 1. The van der Waals surface area contributed by atoms with Gasteiger partial charge in [0.2, 0.25) is 0 Å². The number of carbonyl (C=O) groups excluding carboxylic acids is 2. The standard InChI is InChI=1S/C21H30O3/c1-20-9-7-14(23)11-13(20)3-4-15-16-5-6-18(19(24)12-22)21(16,2)10-8-17(15)20/h11,15-18,22H,3-10,12H2,1-2H3/t15-,16-,17+,18+,20+,21-/m0/s1. The minimum Gasteiger partial charge on any atom is -0.389 e. The van der Waals surface area contributed by atoms with Gasteiger partial charge >= 0.3 is 0 Å². The maximum atomic E-state index is 12.3. The van der Waals surface area contributed by atoms with E-state index in [1.165, 1.54) is 18.4 Å². The van der Waals surface area contributed by atoms with E-state index in [1.54, 1.807) is 0 Å². The number of allylic oxidation sites excluding steroid dienone is 1. The van der Waals surface area contributed by atoms with Crippen molar-refractivity contribution in [2.45, 2.75) is 65.2 Å². The third-order valence-electron chi connectivity index (χ3n) is 8.51. The fourth-order valence-electron chi connectivity index (χ4n) is 7.20. The van der Waals surface area contributed by atoms with Crippen LogP contribution in [0.5, 0.6) is 0 Å². The number of hydrogen-bond donors (Lipinski definition) is 1. The Bertz CT molecular complexity index is 606. The van der Waals surface area contributed by atoms with Gasteiger partial charge in [-0.05, 0) is 79.6 Å². The molecule has 6 atom stereocenters. The molecule has 0 aromatic rings. The largest absolute Gasteiger partial charge is 0.389 e. The maximum absolute atomic E-state index is 12.3. The van der Waals surface area contributed by atoms with Gasteiger partial charge < -0.3 is 5.11 Å². The fourth-order valence-corrected chi connectivity index (χ4v) is 7.20. The quantitative estimate of drug-likeness (QED) is 0.840. The molecule has 0 unspecified atom stereocenters. The Hall–Kier alpha value is -0.960. The van der Waals surface area contributed by atoms with Gasteiger partial charge in [-0.25, -0.2) is 0 Å². The molecule has 0 amide bonds. The smallest absolute Gasteiger partial charge is 0.161 e. The summed E-state index contributed by atoms with van der Waals surface area (Å²) in [6, 6.07) is 0. The molecule has 4 rings (SSSR count). The van der Waals surface area contributed by atoms with Crippen LogP contribution >= 0.6 is 0 Å². The zero-order chi connectivity index (χ0) is 17.1. The predicted molar refractivity (Wildman–Crippen MR) is 92.3 cm³/mol. The second-order valence-corrected chi connectivity index (χ2v) is 9.27. The summed E-state index contributed by atoms with van der Waals surface area (Å²) < 4.78 is 0. The third kappa shape index (κ3) is 2.13. The van der Waals surface area contributed by atoms with Crippen LogP contribution in [0.15, 0.2) is 11.6 Å². The first-order chi connectivity index (χ1) is 11.4. The zero-order valence-electron chi connectivity index (χ0n) is 15.0. The lowest BCUT2D eigenvalue weighted by atomic mass is 9.46. The summed E-state index contributed by atoms with van der Waals surface area (Å²) in [7, 11) is 0. The van der Waals surface area contributed by atoms with Gasteiger partial charge in [-0.1, -0.05) is 19.4 Å². The Labute approximate surface area is 144 Å². The van der Waals surface area contributed by atoms with E-state index in [0.717, 1.165) is 32.1 Å². The van der Waals surface area contributed by atoms with Gasteiger partial charge in [-0.2, -0.15) is 0 Å². The van der Waals surface area contributed by atoms with Crippen LogP contribution in [0.4, 0.5) is 0 Å². The molecule has 0 heterocycles. The van der Waals surface area contributed by atoms with Crippen LogP contribution in [-0.4, -0.2) is 23.3 Å². The fraction of sp³-hybridized carbons (Fsp3) is 0.810. The Morgan fingerprint density at radius 3 is 2.67 bits per heavy atom. The number of aliphatic hydroxyl groups excluding tert-OH is 1. The summed E-state index contributed by atoms with van der Waals surface area (Å²) in [6.45, 7) is 4.42. The van der Waals surface area contributed by atoms with Crippen molar-refractivity contribution >= 4 is 11.6 Å². The topological polar surface area (TPSA) is 54.4 Å². The van der Waals surface area contributed by atoms with E-state index in [9.17, 15) is 14.7 Å². The number of fused-ring (bicyclic) bond motifs is 5. The molecule has 4 aliphatic carbocycles. The molecule has 24 heavy (non-hydrogen) atoms. The molecule has 0 bridgehead atoms. The summed E-state index contributed by atoms with van der Waals surface area (Å²) in [6.07, 6.45) is 10.3. The molecule has 0 aromatic heterocycles. The minimum atomic E-state index is -0.298. The van der Waals surface area contributed by atoms with Gasteiger partial charge in [-0.15, -0.1) is 0 Å². The Morgan fingerprint density at radius 1 is 1.12 bits per heavy atom. The Morgan fingerprint density at radius 2 is 1.92 bits per heavy atom. The van der Waals surface area contributed by atoms with Crippen molar-refractivity contribution in [3.63, 3.8) is 0 Å². The average molecular weight is 330 g/mol. The Kier molecular flexibility index (Phi) is 3.80. The SMILES string of the molecule is C[C@]12CC[C@@H]3[C@@H](CCC4=CC(=O)CC[C@]43C)[C@@H]1CC[C@@H]2C(=O)CO. The summed E-state index contributed by atoms with van der Waals surface area (Å²) in [5.74, 6) is 2.42. The molecule has 1 N–H and O–H groups in total. The highest BCUT2D eigenvalue weighted by molar-refractivity contribution is 5.91. The van der Waals surface area contributed by atoms with Gasteiger partial charge in [0.05, 0.1) is 0 Å². The number of hydrogen-bond acceptors (Lipinski definition) is 3. The molecule has 0 saturated heterocycles. The van der Waals surface area contributed by atoms with Crippen LogP contribution in [0.25, 0.3) is 0 Å². The molecule has 0 spiro atoms. The van der Waals surface area contributed by atoms with Crippen LogP contribution in [0.3, 0.4) is 0 Å². The van der Waals surface area contributed by atoms with Crippen molar-refractivity contribution in [1.29, 1.82) is 0 Å². The maximum Gasteiger partial charge on any atom is 0.161 e. The number of Topliss-reactive ketones (excluding diaryl/α,β-unsaturated/α-hetero) is 1. The number of rotatable bonds is 2. The molecule has 3 saturated carbocycles. The van der Waals surface area contributed by atoms with Crippen molar-refractivity contribution in [1.82, 2.24) is 0 Å². The lowest BCUT2D eigenvalue weighted by molar-refractivity contribution is -0.133. The molecule has 0 aromatic carbocycles. The minimum absolute atomic E-state index is 0.0596. The van der Waals surface area contributed by atoms with Crippen LogP contribution in [0, 0.1) is 34.5 Å². The average Bonchev–Trinajstić information content (AvgIpc) is 2.92. The van der Waals surface area contributed by atoms with Crippen LogP contribution in [0.1, 0.15) is 65.2 Å². The molecular formula is C21H30O3. The normalized spacial score (nSPS) is 47.5. The van der Waals surface area contributed by atoms with Crippen molar-refractivity contribution in [2.24, 2.45) is 34.5 Å². The van der Waals surface area contributed by atoms with E-state index in [2.05, 4.69) is 13.8 Å². The van der Waals surface area contributed by atoms with Crippen molar-refractivity contribution in [2.75, 3.05) is 6.61 Å². The van der Waals surface area contributed by atoms with Crippen LogP contribution in [-0.2, 0) is 9.59 Å². The number of ketones is 2. The van der Waals surface area contributed by atoms with Crippen LogP contribution in [0.2, 0.25) is 0 Å². The first kappa shape index (κ1) is 16.5. The zero-order valence-corrected chi connectivity index (χ0v) is 15.0. The van der Waals surface area contributed by atoms with E-state index < -0.39 is 0 Å². The highest BCUT2D eigenvalue weighted by Gasteiger charge is 2.59. The first-order valence-electron chi connectivity index (χ1n) is 9.77. The molecular weight excluding hydrogens is 300 g/mol. The summed E-state index contributed by atoms with van der Waals surface area (Å²) in [4.78, 5) is 24.1. The van der Waals surface area contributed by atoms with E-state index >= 15 is 0 Å². The van der Waals surface area contributed by atoms with E-state index in [-0.39, 0.29) is 29.1 Å². The number of carbonyl (C=O) groups is 2. The highest BCUT2D eigenvalue weighted by atomic mass is 16.3. The van der Waals surface area contributed by atoms with Gasteiger partial charge in [-0.3, -0.25) is 9.59 Å². The van der Waals surface area contributed by atoms with E-state index in [0.29, 0.717) is 30.0 Å². The molecule has 3 nitrogen and oxygen atoms in total. The molecule has 0 radical (unpaired) electrons. The Balaban J connectivity index is 1.65. The summed E-state index contributed by atoms with van der Waals surface area (Å²) in [5, 5.41) is 9.36. The van der Waals surface area contributed by atoms with Crippen LogP contribution < -0.4 is 0 Å². The highest BCUT2D eigenvalue weighted by Crippen LogP contribution is 2.66. The lowest BCUT2D eigenvalue weighted by Crippen LogP contribution is -2.51. The molecule has 3 heteroatoms. The third-order valence-corrected chi connectivity index (χ3v) is 8.51. The molecule has 0 aliphatic heterocycles. The first-order valence-corrected chi connectivity index (χ1v) is 9.77. The van der Waals surface area contributed by atoms with Gasteiger partial charge in [0, 0.05) is 12.3 Å². The summed E-state index contributed by atoms with van der Waals surface area (Å²) >= 11 is 0. The van der Waals surface area contributed by atoms with Crippen molar-refractivity contribution in [3.8, 4) is 0 Å². The second kappa shape index (κ2) is 5.52. The van der Waals surface area contributed by atoms with Crippen molar-refractivity contribution < 1.29 is 14.7 Å². The van der Waals surface area contributed by atoms with Gasteiger partial charge in [0.25, 0.3) is 0 Å². The van der Waals surface area contributed by atoms with E-state index in [1.807, 2.05) is 6.08 Å². The molecule has 3 fully saturated rings. The monoisotopic (exact) mass is 330 g/mol.